The van der Waals surface area contributed by atoms with Gasteiger partial charge in [-0.2, -0.15) is 5.10 Å². The lowest BCUT2D eigenvalue weighted by atomic mass is 10.2. The zero-order valence-electron chi connectivity index (χ0n) is 15.7. The number of aromatic amines is 1. The van der Waals surface area contributed by atoms with Gasteiger partial charge < -0.3 is 10.1 Å². The molecule has 0 radical (unpaired) electrons. The third kappa shape index (κ3) is 5.01. The summed E-state index contributed by atoms with van der Waals surface area (Å²) in [5, 5.41) is 10.3. The Hall–Kier alpha value is -3.71. The Morgan fingerprint density at radius 3 is 2.87 bits per heavy atom. The van der Waals surface area contributed by atoms with E-state index in [0.717, 1.165) is 22.4 Å². The van der Waals surface area contributed by atoms with Crippen molar-refractivity contribution in [1.82, 2.24) is 20.2 Å². The summed E-state index contributed by atoms with van der Waals surface area (Å²) in [5.74, 6) is 0.840. The highest BCUT2D eigenvalue weighted by Crippen LogP contribution is 2.30. The Kier molecular flexibility index (Phi) is 6.01. The van der Waals surface area contributed by atoms with Crippen molar-refractivity contribution < 1.29 is 9.13 Å². The summed E-state index contributed by atoms with van der Waals surface area (Å²) in [6, 6.07) is 11.6. The quantitative estimate of drug-likeness (QED) is 0.413. The van der Waals surface area contributed by atoms with Crippen LogP contribution in [0.3, 0.4) is 0 Å². The molecule has 0 unspecified atom stereocenters. The molecule has 8 heteroatoms. The predicted octanol–water partition coefficient (Wildman–Crippen LogP) is 5.49. The van der Waals surface area contributed by atoms with Crippen molar-refractivity contribution in [2.24, 2.45) is 0 Å². The van der Waals surface area contributed by atoms with Crippen LogP contribution in [0, 0.1) is 5.82 Å². The van der Waals surface area contributed by atoms with Gasteiger partial charge in [-0.3, -0.25) is 5.10 Å². The van der Waals surface area contributed by atoms with Crippen LogP contribution in [0.5, 0.6) is 5.75 Å². The number of hydrogen-bond donors (Lipinski definition) is 2. The van der Waals surface area contributed by atoms with E-state index >= 15 is 0 Å². The van der Waals surface area contributed by atoms with Gasteiger partial charge in [-0.05, 0) is 42.0 Å². The van der Waals surface area contributed by atoms with Gasteiger partial charge in [0.2, 0.25) is 0 Å². The summed E-state index contributed by atoms with van der Waals surface area (Å²) in [4.78, 5) is 8.38. The maximum atomic E-state index is 13.3. The molecule has 2 aromatic carbocycles. The van der Waals surface area contributed by atoms with Crippen molar-refractivity contribution in [3.8, 4) is 5.75 Å². The first-order valence-corrected chi connectivity index (χ1v) is 9.46. The van der Waals surface area contributed by atoms with E-state index in [9.17, 15) is 4.39 Å². The average molecular weight is 422 g/mol. The van der Waals surface area contributed by atoms with Crippen LogP contribution in [0.1, 0.15) is 16.7 Å². The molecule has 4 aromatic rings. The van der Waals surface area contributed by atoms with Crippen LogP contribution in [0.25, 0.3) is 12.2 Å². The normalized spacial score (nSPS) is 11.0. The molecule has 0 aliphatic rings. The molecular formula is C22H17ClFN5O. The minimum Gasteiger partial charge on any atom is -0.487 e. The van der Waals surface area contributed by atoms with Crippen LogP contribution >= 0.6 is 11.6 Å². The maximum Gasteiger partial charge on any atom is 0.141 e. The molecule has 30 heavy (non-hydrogen) atoms. The Labute approximate surface area is 177 Å². The number of rotatable bonds is 7. The third-order valence-electron chi connectivity index (χ3n) is 4.19. The Bertz CT molecular complexity index is 1160. The van der Waals surface area contributed by atoms with Gasteiger partial charge in [-0.1, -0.05) is 29.8 Å². The van der Waals surface area contributed by atoms with E-state index in [-0.39, 0.29) is 12.4 Å². The topological polar surface area (TPSA) is 75.7 Å². The number of ether oxygens (including phenoxy) is 1. The van der Waals surface area contributed by atoms with Crippen molar-refractivity contribution in [2.75, 3.05) is 5.32 Å². The van der Waals surface area contributed by atoms with Crippen molar-refractivity contribution >= 4 is 35.3 Å². The van der Waals surface area contributed by atoms with E-state index in [2.05, 4.69) is 25.5 Å². The number of nitrogens with zero attached hydrogens (tertiary/aromatic N) is 3. The molecule has 2 aromatic heterocycles. The molecule has 150 valence electrons. The van der Waals surface area contributed by atoms with E-state index in [4.69, 9.17) is 16.3 Å². The molecule has 0 bridgehead atoms. The first kappa shape index (κ1) is 19.6. The summed E-state index contributed by atoms with van der Waals surface area (Å²) < 4.78 is 19.0. The van der Waals surface area contributed by atoms with Crippen LogP contribution in [0.15, 0.2) is 67.4 Å². The van der Waals surface area contributed by atoms with Crippen molar-refractivity contribution in [3.05, 3.63) is 94.9 Å². The fourth-order valence-electron chi connectivity index (χ4n) is 2.73. The highest BCUT2D eigenvalue weighted by atomic mass is 35.5. The molecule has 0 saturated carbocycles. The third-order valence-corrected chi connectivity index (χ3v) is 4.49. The largest absolute Gasteiger partial charge is 0.487 e. The lowest BCUT2D eigenvalue weighted by Crippen LogP contribution is -1.99. The second-order valence-electron chi connectivity index (χ2n) is 6.38. The molecule has 6 nitrogen and oxygen atoms in total. The molecule has 0 aliphatic carbocycles. The molecule has 2 N–H and O–H groups in total. The van der Waals surface area contributed by atoms with Gasteiger partial charge in [0.05, 0.1) is 11.2 Å². The van der Waals surface area contributed by atoms with Gasteiger partial charge in [-0.15, -0.1) is 0 Å². The standard InChI is InChI=1S/C22H17ClFN5O/c23-20-9-19(6-7-21(20)30-13-15-2-1-3-18(24)8-15)29-22-17(12-25-14-26-22)5-4-16-10-27-28-11-16/h1-12,14H,13H2,(H,27,28)(H,25,26,29). The van der Waals surface area contributed by atoms with Crippen molar-refractivity contribution in [2.45, 2.75) is 6.61 Å². The van der Waals surface area contributed by atoms with E-state index in [0.29, 0.717) is 16.6 Å². The monoisotopic (exact) mass is 421 g/mol. The van der Waals surface area contributed by atoms with Crippen LogP contribution in [-0.2, 0) is 6.61 Å². The van der Waals surface area contributed by atoms with E-state index in [1.807, 2.05) is 18.2 Å². The van der Waals surface area contributed by atoms with Gasteiger partial charge in [-0.25, -0.2) is 14.4 Å². The lowest BCUT2D eigenvalue weighted by Gasteiger charge is -2.12. The smallest absolute Gasteiger partial charge is 0.141 e. The van der Waals surface area contributed by atoms with E-state index in [1.54, 1.807) is 42.9 Å². The molecule has 0 spiro atoms. The minimum absolute atomic E-state index is 0.221. The van der Waals surface area contributed by atoms with Gasteiger partial charge in [0.1, 0.15) is 30.3 Å². The fraction of sp³-hybridized carbons (Fsp3) is 0.0455. The summed E-state index contributed by atoms with van der Waals surface area (Å²) in [5.41, 5.74) is 3.21. The number of H-pyrrole nitrogens is 1. The van der Waals surface area contributed by atoms with Crippen molar-refractivity contribution in [3.63, 3.8) is 0 Å². The summed E-state index contributed by atoms with van der Waals surface area (Å²) >= 11 is 6.37. The van der Waals surface area contributed by atoms with Gasteiger partial charge in [0.25, 0.3) is 0 Å². The van der Waals surface area contributed by atoms with Crippen LogP contribution in [0.2, 0.25) is 5.02 Å². The van der Waals surface area contributed by atoms with Crippen molar-refractivity contribution in [1.29, 1.82) is 0 Å². The Morgan fingerprint density at radius 1 is 1.13 bits per heavy atom. The number of halogens is 2. The van der Waals surface area contributed by atoms with Crippen LogP contribution in [0.4, 0.5) is 15.9 Å². The maximum absolute atomic E-state index is 13.3. The van der Waals surface area contributed by atoms with E-state index < -0.39 is 0 Å². The van der Waals surface area contributed by atoms with Crippen LogP contribution < -0.4 is 10.1 Å². The zero-order valence-corrected chi connectivity index (χ0v) is 16.5. The summed E-state index contributed by atoms with van der Waals surface area (Å²) in [6.45, 7) is 0.221. The number of anilines is 2. The number of benzene rings is 2. The summed E-state index contributed by atoms with van der Waals surface area (Å²) in [7, 11) is 0. The lowest BCUT2D eigenvalue weighted by molar-refractivity contribution is 0.306. The molecule has 0 amide bonds. The zero-order chi connectivity index (χ0) is 20.8. The molecular weight excluding hydrogens is 405 g/mol. The molecule has 4 rings (SSSR count). The predicted molar refractivity (Wildman–Crippen MR) is 115 cm³/mol. The molecule has 2 heterocycles. The second-order valence-corrected chi connectivity index (χ2v) is 6.79. The summed E-state index contributed by atoms with van der Waals surface area (Å²) in [6.07, 6.45) is 10.5. The Balaban J connectivity index is 1.46. The van der Waals surface area contributed by atoms with Gasteiger partial charge in [0, 0.05) is 29.2 Å². The highest BCUT2D eigenvalue weighted by Gasteiger charge is 2.07. The van der Waals surface area contributed by atoms with Gasteiger partial charge >= 0.3 is 0 Å². The average Bonchev–Trinajstić information content (AvgIpc) is 3.26. The highest BCUT2D eigenvalue weighted by molar-refractivity contribution is 6.32. The fourth-order valence-corrected chi connectivity index (χ4v) is 2.96. The number of nitrogens with one attached hydrogen (secondary N) is 2. The second kappa shape index (κ2) is 9.19. The Morgan fingerprint density at radius 2 is 2.07 bits per heavy atom. The first-order valence-electron chi connectivity index (χ1n) is 9.08. The minimum atomic E-state index is -0.302. The molecule has 0 atom stereocenters. The number of hydrogen-bond acceptors (Lipinski definition) is 5. The number of aromatic nitrogens is 4. The molecule has 0 fully saturated rings. The molecule has 0 aliphatic heterocycles. The first-order chi connectivity index (χ1) is 14.7. The van der Waals surface area contributed by atoms with Gasteiger partial charge in [0.15, 0.2) is 0 Å². The van der Waals surface area contributed by atoms with E-state index in [1.165, 1.54) is 18.5 Å². The molecule has 0 saturated heterocycles. The SMILES string of the molecule is Fc1cccc(COc2ccc(Nc3ncncc3C=Cc3cn[nH]c3)cc2Cl)c1. The van der Waals surface area contributed by atoms with Crippen LogP contribution in [-0.4, -0.2) is 20.2 Å².